The highest BCUT2D eigenvalue weighted by atomic mass is 32.2. The fourth-order valence-electron chi connectivity index (χ4n) is 2.49. The Morgan fingerprint density at radius 2 is 2.14 bits per heavy atom. The second-order valence-corrected chi connectivity index (χ2v) is 6.89. The standard InChI is InChI=1S/C17H29NO2S/c1-5-17(13-19,18-14(2)3)10-7-11-21-16-9-6-8-15(12-16)20-4/h6,8-9,12,14,18-19H,5,7,10-11,13H2,1-4H3. The summed E-state index contributed by atoms with van der Waals surface area (Å²) in [6.45, 7) is 6.60. The van der Waals surface area contributed by atoms with Crippen molar-refractivity contribution < 1.29 is 9.84 Å². The van der Waals surface area contributed by atoms with E-state index in [-0.39, 0.29) is 12.1 Å². The number of benzene rings is 1. The molecule has 1 rings (SSSR count). The number of hydrogen-bond donors (Lipinski definition) is 2. The molecule has 0 heterocycles. The first-order valence-corrected chi connectivity index (χ1v) is 8.69. The molecular weight excluding hydrogens is 282 g/mol. The predicted octanol–water partition coefficient (Wildman–Crippen LogP) is 3.71. The van der Waals surface area contributed by atoms with Crippen molar-refractivity contribution in [3.05, 3.63) is 24.3 Å². The molecule has 0 amide bonds. The molecule has 0 saturated heterocycles. The lowest BCUT2D eigenvalue weighted by molar-refractivity contribution is 0.137. The van der Waals surface area contributed by atoms with Gasteiger partial charge in [-0.05, 0) is 43.2 Å². The maximum Gasteiger partial charge on any atom is 0.119 e. The highest BCUT2D eigenvalue weighted by molar-refractivity contribution is 7.99. The van der Waals surface area contributed by atoms with Crippen LogP contribution in [-0.2, 0) is 0 Å². The first-order chi connectivity index (χ1) is 10.0. The topological polar surface area (TPSA) is 41.5 Å². The van der Waals surface area contributed by atoms with Gasteiger partial charge >= 0.3 is 0 Å². The number of thioether (sulfide) groups is 1. The average Bonchev–Trinajstić information content (AvgIpc) is 2.50. The highest BCUT2D eigenvalue weighted by Crippen LogP contribution is 2.26. The lowest BCUT2D eigenvalue weighted by atomic mass is 9.91. The second kappa shape index (κ2) is 9.34. The van der Waals surface area contributed by atoms with Crippen molar-refractivity contribution in [1.29, 1.82) is 0 Å². The summed E-state index contributed by atoms with van der Waals surface area (Å²) < 4.78 is 5.24. The second-order valence-electron chi connectivity index (χ2n) is 5.72. The van der Waals surface area contributed by atoms with Crippen LogP contribution in [0.3, 0.4) is 0 Å². The summed E-state index contributed by atoms with van der Waals surface area (Å²) in [7, 11) is 1.69. The lowest BCUT2D eigenvalue weighted by Crippen LogP contribution is -2.51. The molecular formula is C17H29NO2S. The molecule has 1 unspecified atom stereocenters. The van der Waals surface area contributed by atoms with E-state index in [9.17, 15) is 5.11 Å². The van der Waals surface area contributed by atoms with Crippen molar-refractivity contribution in [3.63, 3.8) is 0 Å². The quantitative estimate of drug-likeness (QED) is 0.510. The van der Waals surface area contributed by atoms with Crippen LogP contribution in [0.2, 0.25) is 0 Å². The Morgan fingerprint density at radius 1 is 1.38 bits per heavy atom. The van der Waals surface area contributed by atoms with Crippen molar-refractivity contribution in [3.8, 4) is 5.75 Å². The van der Waals surface area contributed by atoms with E-state index in [0.29, 0.717) is 6.04 Å². The maximum absolute atomic E-state index is 9.72. The Hall–Kier alpha value is -0.710. The zero-order valence-corrected chi connectivity index (χ0v) is 14.5. The molecule has 0 aromatic heterocycles. The number of methoxy groups -OCH3 is 1. The minimum atomic E-state index is -0.136. The fraction of sp³-hybridized carbons (Fsp3) is 0.647. The molecule has 0 fully saturated rings. The Labute approximate surface area is 133 Å². The monoisotopic (exact) mass is 311 g/mol. The number of aliphatic hydroxyl groups excluding tert-OH is 1. The summed E-state index contributed by atoms with van der Waals surface area (Å²) >= 11 is 1.84. The van der Waals surface area contributed by atoms with E-state index in [0.717, 1.165) is 30.8 Å². The van der Waals surface area contributed by atoms with Crippen molar-refractivity contribution in [2.24, 2.45) is 0 Å². The molecule has 0 aliphatic carbocycles. The van der Waals surface area contributed by atoms with Crippen LogP contribution in [0, 0.1) is 0 Å². The molecule has 1 aromatic rings. The van der Waals surface area contributed by atoms with Gasteiger partial charge in [0.2, 0.25) is 0 Å². The molecule has 0 aliphatic heterocycles. The highest BCUT2D eigenvalue weighted by Gasteiger charge is 2.26. The third kappa shape index (κ3) is 6.29. The molecule has 4 heteroatoms. The molecule has 3 nitrogen and oxygen atoms in total. The summed E-state index contributed by atoms with van der Waals surface area (Å²) in [4.78, 5) is 1.23. The summed E-state index contributed by atoms with van der Waals surface area (Å²) in [5, 5.41) is 13.3. The minimum Gasteiger partial charge on any atom is -0.497 e. The van der Waals surface area contributed by atoms with E-state index in [1.807, 2.05) is 23.9 Å². The van der Waals surface area contributed by atoms with E-state index in [2.05, 4.69) is 38.2 Å². The van der Waals surface area contributed by atoms with Crippen LogP contribution in [0.25, 0.3) is 0 Å². The predicted molar refractivity (Wildman–Crippen MR) is 91.3 cm³/mol. The molecule has 1 aromatic carbocycles. The smallest absolute Gasteiger partial charge is 0.119 e. The van der Waals surface area contributed by atoms with Gasteiger partial charge in [-0.3, -0.25) is 0 Å². The summed E-state index contributed by atoms with van der Waals surface area (Å²) in [5.41, 5.74) is -0.136. The molecule has 2 N–H and O–H groups in total. The van der Waals surface area contributed by atoms with Gasteiger partial charge in [0.25, 0.3) is 0 Å². The third-order valence-electron chi connectivity index (χ3n) is 3.68. The summed E-state index contributed by atoms with van der Waals surface area (Å²) in [6.07, 6.45) is 3.02. The molecule has 0 aliphatic rings. The van der Waals surface area contributed by atoms with Gasteiger partial charge in [-0.1, -0.05) is 26.8 Å². The Balaban J connectivity index is 2.43. The molecule has 21 heavy (non-hydrogen) atoms. The molecule has 0 saturated carbocycles. The van der Waals surface area contributed by atoms with E-state index >= 15 is 0 Å². The van der Waals surface area contributed by atoms with Crippen molar-refractivity contribution in [2.75, 3.05) is 19.5 Å². The molecule has 0 spiro atoms. The van der Waals surface area contributed by atoms with Crippen LogP contribution in [-0.4, -0.2) is 36.2 Å². The first kappa shape index (κ1) is 18.3. The fourth-order valence-corrected chi connectivity index (χ4v) is 3.39. The Kier molecular flexibility index (Phi) is 8.15. The molecule has 0 radical (unpaired) electrons. The van der Waals surface area contributed by atoms with Gasteiger partial charge in [0.05, 0.1) is 13.7 Å². The van der Waals surface area contributed by atoms with Gasteiger partial charge < -0.3 is 15.2 Å². The third-order valence-corrected chi connectivity index (χ3v) is 4.76. The molecule has 1 atom stereocenters. The number of hydrogen-bond acceptors (Lipinski definition) is 4. The first-order valence-electron chi connectivity index (χ1n) is 7.70. The van der Waals surface area contributed by atoms with E-state index < -0.39 is 0 Å². The Morgan fingerprint density at radius 3 is 2.71 bits per heavy atom. The largest absolute Gasteiger partial charge is 0.497 e. The zero-order chi connectivity index (χ0) is 15.7. The number of rotatable bonds is 10. The van der Waals surface area contributed by atoms with Crippen molar-refractivity contribution >= 4 is 11.8 Å². The minimum absolute atomic E-state index is 0.136. The van der Waals surface area contributed by atoms with Crippen molar-refractivity contribution in [2.45, 2.75) is 56.5 Å². The molecule has 0 bridgehead atoms. The van der Waals surface area contributed by atoms with Gasteiger partial charge in [0, 0.05) is 16.5 Å². The SMILES string of the molecule is CCC(CO)(CCCSc1cccc(OC)c1)NC(C)C. The van der Waals surface area contributed by atoms with E-state index in [1.165, 1.54) is 4.90 Å². The van der Waals surface area contributed by atoms with Crippen LogP contribution in [0.15, 0.2) is 29.2 Å². The van der Waals surface area contributed by atoms with Crippen LogP contribution in [0.5, 0.6) is 5.75 Å². The van der Waals surface area contributed by atoms with Crippen LogP contribution < -0.4 is 10.1 Å². The van der Waals surface area contributed by atoms with E-state index in [4.69, 9.17) is 4.74 Å². The van der Waals surface area contributed by atoms with Crippen LogP contribution in [0.1, 0.15) is 40.0 Å². The Bertz CT molecular complexity index is 406. The van der Waals surface area contributed by atoms with Crippen LogP contribution >= 0.6 is 11.8 Å². The summed E-state index contributed by atoms with van der Waals surface area (Å²) in [5.74, 6) is 1.95. The zero-order valence-electron chi connectivity index (χ0n) is 13.7. The van der Waals surface area contributed by atoms with Gasteiger partial charge in [0.1, 0.15) is 5.75 Å². The van der Waals surface area contributed by atoms with Gasteiger partial charge in [-0.15, -0.1) is 11.8 Å². The summed E-state index contributed by atoms with van der Waals surface area (Å²) in [6, 6.07) is 8.55. The van der Waals surface area contributed by atoms with Crippen LogP contribution in [0.4, 0.5) is 0 Å². The van der Waals surface area contributed by atoms with E-state index in [1.54, 1.807) is 7.11 Å². The molecule has 120 valence electrons. The number of ether oxygens (including phenoxy) is 1. The average molecular weight is 311 g/mol. The van der Waals surface area contributed by atoms with Gasteiger partial charge in [-0.25, -0.2) is 0 Å². The number of aliphatic hydroxyl groups is 1. The lowest BCUT2D eigenvalue weighted by Gasteiger charge is -2.34. The maximum atomic E-state index is 9.72. The van der Waals surface area contributed by atoms with Gasteiger partial charge in [0.15, 0.2) is 0 Å². The number of nitrogens with one attached hydrogen (secondary N) is 1. The van der Waals surface area contributed by atoms with Crippen molar-refractivity contribution in [1.82, 2.24) is 5.32 Å². The van der Waals surface area contributed by atoms with Gasteiger partial charge in [-0.2, -0.15) is 0 Å². The normalized spacial score (nSPS) is 14.2.